The number of carbonyl (C=O) groups is 2. The normalized spacial score (nSPS) is 18.4. The molecule has 1 amide bonds. The van der Waals surface area contributed by atoms with Crippen LogP contribution in [0.5, 0.6) is 17.2 Å². The van der Waals surface area contributed by atoms with Gasteiger partial charge in [0.15, 0.2) is 11.5 Å². The Morgan fingerprint density at radius 2 is 1.68 bits per heavy atom. The van der Waals surface area contributed by atoms with Crippen molar-refractivity contribution in [1.82, 2.24) is 9.80 Å². The van der Waals surface area contributed by atoms with Crippen LogP contribution in [0.25, 0.3) is 5.76 Å². The van der Waals surface area contributed by atoms with Crippen molar-refractivity contribution in [1.29, 1.82) is 0 Å². The van der Waals surface area contributed by atoms with Gasteiger partial charge in [0.05, 0.1) is 38.5 Å². The Kier molecular flexibility index (Phi) is 10.5. The molecule has 3 aromatic rings. The number of hydrogen-bond acceptors (Lipinski definition) is 8. The third-order valence-corrected chi connectivity index (χ3v) is 7.94. The zero-order chi connectivity index (χ0) is 30.9. The molecule has 2 fully saturated rings. The Morgan fingerprint density at radius 1 is 0.932 bits per heavy atom. The van der Waals surface area contributed by atoms with E-state index in [1.54, 1.807) is 48.4 Å². The van der Waals surface area contributed by atoms with E-state index in [0.29, 0.717) is 67.9 Å². The molecule has 1 atom stereocenters. The molecule has 232 valence electrons. The quantitative estimate of drug-likeness (QED) is 0.124. The lowest BCUT2D eigenvalue weighted by atomic mass is 9.95. The van der Waals surface area contributed by atoms with E-state index < -0.39 is 17.7 Å². The summed E-state index contributed by atoms with van der Waals surface area (Å²) in [6.07, 6.45) is 1.96. The fourth-order valence-electron chi connectivity index (χ4n) is 5.44. The summed E-state index contributed by atoms with van der Waals surface area (Å²) < 4.78 is 23.0. The summed E-state index contributed by atoms with van der Waals surface area (Å²) in [5.74, 6) is 0.0719. The Labute approximate surface area is 258 Å². The minimum absolute atomic E-state index is 0.0386. The van der Waals surface area contributed by atoms with E-state index in [2.05, 4.69) is 11.8 Å². The molecule has 44 heavy (non-hydrogen) atoms. The van der Waals surface area contributed by atoms with Gasteiger partial charge in [0, 0.05) is 31.7 Å². The van der Waals surface area contributed by atoms with Gasteiger partial charge in [-0.2, -0.15) is 0 Å². The van der Waals surface area contributed by atoms with Gasteiger partial charge in [0.25, 0.3) is 11.7 Å². The number of carbonyl (C=O) groups excluding carboxylic acids is 2. The predicted molar refractivity (Wildman–Crippen MR) is 167 cm³/mol. The monoisotopic (exact) mass is 600 g/mol. The molecule has 9 heteroatoms. The number of aliphatic hydroxyl groups excluding tert-OH is 1. The number of hydrogen-bond donors (Lipinski definition) is 1. The standard InChI is InChI=1S/C35H40N2O7/c1-3-4-20-43-28-13-10-26(11-14-28)33(38)31-32(37(35(40)34(31)39)17-16-36-18-21-42-22-19-36)27-12-15-29(30(23-27)41-2)44-24-25-8-6-5-7-9-25/h5-15,23,32,38H,3-4,16-22,24H2,1-2H3. The molecule has 2 aliphatic heterocycles. The predicted octanol–water partition coefficient (Wildman–Crippen LogP) is 5.21. The Bertz CT molecular complexity index is 1450. The maximum Gasteiger partial charge on any atom is 0.295 e. The van der Waals surface area contributed by atoms with Crippen LogP contribution >= 0.6 is 0 Å². The fourth-order valence-corrected chi connectivity index (χ4v) is 5.44. The van der Waals surface area contributed by atoms with Gasteiger partial charge in [-0.15, -0.1) is 0 Å². The molecule has 1 unspecified atom stereocenters. The lowest BCUT2D eigenvalue weighted by molar-refractivity contribution is -0.140. The lowest BCUT2D eigenvalue weighted by Crippen LogP contribution is -2.42. The SMILES string of the molecule is CCCCOc1ccc(C(O)=C2C(=O)C(=O)N(CCN3CCOCC3)C2c2ccc(OCc3ccccc3)c(OC)c2)cc1. The van der Waals surface area contributed by atoms with Gasteiger partial charge < -0.3 is 29.0 Å². The summed E-state index contributed by atoms with van der Waals surface area (Å²) >= 11 is 0. The van der Waals surface area contributed by atoms with Crippen molar-refractivity contribution in [3.63, 3.8) is 0 Å². The minimum atomic E-state index is -0.811. The number of nitrogens with zero attached hydrogens (tertiary/aromatic N) is 2. The number of morpholine rings is 1. The number of Topliss-reactive ketones (excluding diaryl/α,β-unsaturated/α-hetero) is 1. The van der Waals surface area contributed by atoms with Crippen LogP contribution in [0.1, 0.15) is 42.5 Å². The van der Waals surface area contributed by atoms with Crippen LogP contribution in [0.2, 0.25) is 0 Å². The molecule has 1 N–H and O–H groups in total. The molecule has 0 aromatic heterocycles. The van der Waals surface area contributed by atoms with Gasteiger partial charge in [-0.25, -0.2) is 0 Å². The van der Waals surface area contributed by atoms with E-state index in [0.717, 1.165) is 31.5 Å². The smallest absolute Gasteiger partial charge is 0.295 e. The molecule has 0 spiro atoms. The highest BCUT2D eigenvalue weighted by atomic mass is 16.5. The number of amides is 1. The van der Waals surface area contributed by atoms with Gasteiger partial charge in [0.2, 0.25) is 0 Å². The summed E-state index contributed by atoms with van der Waals surface area (Å²) in [7, 11) is 1.55. The first-order chi connectivity index (χ1) is 21.5. The van der Waals surface area contributed by atoms with Gasteiger partial charge in [-0.1, -0.05) is 49.7 Å². The van der Waals surface area contributed by atoms with Crippen molar-refractivity contribution < 1.29 is 33.6 Å². The van der Waals surface area contributed by atoms with Crippen LogP contribution in [0.15, 0.2) is 78.4 Å². The maximum absolute atomic E-state index is 13.6. The topological polar surface area (TPSA) is 97.8 Å². The molecule has 2 aliphatic rings. The van der Waals surface area contributed by atoms with Gasteiger partial charge in [-0.3, -0.25) is 14.5 Å². The Balaban J connectivity index is 1.47. The molecule has 2 saturated heterocycles. The number of ether oxygens (including phenoxy) is 4. The first-order valence-electron chi connectivity index (χ1n) is 15.2. The second kappa shape index (κ2) is 14.9. The molecule has 2 heterocycles. The zero-order valence-electron chi connectivity index (χ0n) is 25.4. The summed E-state index contributed by atoms with van der Waals surface area (Å²) in [6.45, 7) is 6.69. The van der Waals surface area contributed by atoms with Crippen LogP contribution in [-0.4, -0.2) is 79.7 Å². The summed E-state index contributed by atoms with van der Waals surface area (Å²) in [6, 6.07) is 21.3. The number of unbranched alkanes of at least 4 members (excludes halogenated alkanes) is 1. The first kappa shape index (κ1) is 31.1. The fraction of sp³-hybridized carbons (Fsp3) is 0.371. The van der Waals surface area contributed by atoms with Crippen molar-refractivity contribution in [3.05, 3.63) is 95.1 Å². The van der Waals surface area contributed by atoms with Crippen LogP contribution in [-0.2, 0) is 20.9 Å². The molecule has 0 bridgehead atoms. The summed E-state index contributed by atoms with van der Waals surface area (Å²) in [5.41, 5.74) is 2.11. The number of ketones is 1. The van der Waals surface area contributed by atoms with Crippen molar-refractivity contribution in [2.45, 2.75) is 32.4 Å². The molecular formula is C35H40N2O7. The zero-order valence-corrected chi connectivity index (χ0v) is 25.4. The van der Waals surface area contributed by atoms with Crippen molar-refractivity contribution in [3.8, 4) is 17.2 Å². The minimum Gasteiger partial charge on any atom is -0.507 e. The molecule has 5 rings (SSSR count). The summed E-state index contributed by atoms with van der Waals surface area (Å²) in [4.78, 5) is 30.8. The average molecular weight is 601 g/mol. The van der Waals surface area contributed by atoms with Crippen molar-refractivity contribution in [2.24, 2.45) is 0 Å². The third kappa shape index (κ3) is 7.23. The Hall–Kier alpha value is -4.34. The first-order valence-corrected chi connectivity index (χ1v) is 15.2. The van der Waals surface area contributed by atoms with Crippen LogP contribution in [0.3, 0.4) is 0 Å². The number of likely N-dealkylation sites (tertiary alicyclic amines) is 1. The molecule has 0 saturated carbocycles. The second-order valence-corrected chi connectivity index (χ2v) is 10.9. The number of benzene rings is 3. The molecule has 0 aliphatic carbocycles. The third-order valence-electron chi connectivity index (χ3n) is 7.94. The maximum atomic E-state index is 13.6. The van der Waals surface area contributed by atoms with E-state index >= 15 is 0 Å². The van der Waals surface area contributed by atoms with Gasteiger partial charge >= 0.3 is 0 Å². The lowest BCUT2D eigenvalue weighted by Gasteiger charge is -2.31. The van der Waals surface area contributed by atoms with Crippen LogP contribution < -0.4 is 14.2 Å². The average Bonchev–Trinajstić information content (AvgIpc) is 3.32. The van der Waals surface area contributed by atoms with Crippen molar-refractivity contribution >= 4 is 17.4 Å². The Morgan fingerprint density at radius 3 is 2.39 bits per heavy atom. The molecule has 3 aromatic carbocycles. The van der Waals surface area contributed by atoms with E-state index in [1.807, 2.05) is 36.4 Å². The molecule has 9 nitrogen and oxygen atoms in total. The van der Waals surface area contributed by atoms with Crippen LogP contribution in [0.4, 0.5) is 0 Å². The van der Waals surface area contributed by atoms with E-state index in [-0.39, 0.29) is 11.3 Å². The number of rotatable bonds is 13. The van der Waals surface area contributed by atoms with E-state index in [1.165, 1.54) is 0 Å². The highest BCUT2D eigenvalue weighted by Crippen LogP contribution is 2.42. The van der Waals surface area contributed by atoms with E-state index in [9.17, 15) is 14.7 Å². The highest BCUT2D eigenvalue weighted by Gasteiger charge is 2.46. The van der Waals surface area contributed by atoms with Crippen molar-refractivity contribution in [2.75, 3.05) is 53.1 Å². The molecule has 0 radical (unpaired) electrons. The largest absolute Gasteiger partial charge is 0.507 e. The van der Waals surface area contributed by atoms with Gasteiger partial charge in [0.1, 0.15) is 18.1 Å². The van der Waals surface area contributed by atoms with Gasteiger partial charge in [-0.05, 0) is 53.9 Å². The highest BCUT2D eigenvalue weighted by molar-refractivity contribution is 6.46. The van der Waals surface area contributed by atoms with Crippen LogP contribution in [0, 0.1) is 0 Å². The number of aliphatic hydroxyl groups is 1. The number of methoxy groups -OCH3 is 1. The summed E-state index contributed by atoms with van der Waals surface area (Å²) in [5, 5.41) is 11.5. The molecular weight excluding hydrogens is 560 g/mol. The second-order valence-electron chi connectivity index (χ2n) is 10.9. The van der Waals surface area contributed by atoms with E-state index in [4.69, 9.17) is 18.9 Å².